The van der Waals surface area contributed by atoms with Crippen LogP contribution in [0.4, 0.5) is 0 Å². The van der Waals surface area contributed by atoms with Crippen LogP contribution in [0.5, 0.6) is 11.5 Å². The van der Waals surface area contributed by atoms with Crippen LogP contribution in [0, 0.1) is 0 Å². The molecule has 0 aromatic heterocycles. The van der Waals surface area contributed by atoms with Crippen LogP contribution in [-0.2, 0) is 4.79 Å². The molecule has 1 aromatic carbocycles. The van der Waals surface area contributed by atoms with E-state index >= 15 is 0 Å². The Morgan fingerprint density at radius 1 is 1.15 bits per heavy atom. The number of methoxy groups -OCH3 is 1. The highest BCUT2D eigenvalue weighted by Crippen LogP contribution is 2.23. The summed E-state index contributed by atoms with van der Waals surface area (Å²) in [5.41, 5.74) is -0.869. The fourth-order valence-electron chi connectivity index (χ4n) is 2.23. The van der Waals surface area contributed by atoms with E-state index < -0.39 is 5.60 Å². The van der Waals surface area contributed by atoms with Crippen molar-refractivity contribution >= 4 is 5.91 Å². The zero-order chi connectivity index (χ0) is 14.6. The number of amides is 1. The van der Waals surface area contributed by atoms with Gasteiger partial charge < -0.3 is 19.7 Å². The maximum absolute atomic E-state index is 12.5. The van der Waals surface area contributed by atoms with Crippen molar-refractivity contribution in [1.29, 1.82) is 0 Å². The molecule has 1 saturated heterocycles. The number of hydrogen-bond acceptors (Lipinski definition) is 4. The van der Waals surface area contributed by atoms with E-state index in [0.717, 1.165) is 31.9 Å². The van der Waals surface area contributed by atoms with Crippen LogP contribution < -0.4 is 14.8 Å². The van der Waals surface area contributed by atoms with Crippen molar-refractivity contribution < 1.29 is 14.3 Å². The Kier molecular flexibility index (Phi) is 4.49. The highest BCUT2D eigenvalue weighted by atomic mass is 16.5. The summed E-state index contributed by atoms with van der Waals surface area (Å²) in [6.07, 6.45) is 0. The van der Waals surface area contributed by atoms with Crippen LogP contribution in [0.2, 0.25) is 0 Å². The fourth-order valence-corrected chi connectivity index (χ4v) is 2.23. The predicted molar refractivity (Wildman–Crippen MR) is 77.2 cm³/mol. The summed E-state index contributed by atoms with van der Waals surface area (Å²) in [4.78, 5) is 14.3. The number of hydrogen-bond donors (Lipinski definition) is 1. The van der Waals surface area contributed by atoms with E-state index in [2.05, 4.69) is 5.32 Å². The summed E-state index contributed by atoms with van der Waals surface area (Å²) < 4.78 is 11.0. The van der Waals surface area contributed by atoms with Crippen molar-refractivity contribution in [3.8, 4) is 11.5 Å². The van der Waals surface area contributed by atoms with Gasteiger partial charge in [0.15, 0.2) is 5.60 Å². The number of benzene rings is 1. The van der Waals surface area contributed by atoms with Crippen molar-refractivity contribution in [3.63, 3.8) is 0 Å². The van der Waals surface area contributed by atoms with Gasteiger partial charge in [0.25, 0.3) is 5.91 Å². The standard InChI is InChI=1S/C15H22N2O3/c1-15(2,14(18)17-10-8-16-9-11-17)20-13-6-4-12(19-3)5-7-13/h4-7,16H,8-11H2,1-3H3. The van der Waals surface area contributed by atoms with Gasteiger partial charge in [0, 0.05) is 26.2 Å². The molecule has 1 N–H and O–H groups in total. The monoisotopic (exact) mass is 278 g/mol. The van der Waals surface area contributed by atoms with Crippen molar-refractivity contribution in [2.24, 2.45) is 0 Å². The third kappa shape index (κ3) is 3.42. The Labute approximate surface area is 119 Å². The van der Waals surface area contributed by atoms with Crippen LogP contribution >= 0.6 is 0 Å². The van der Waals surface area contributed by atoms with E-state index in [4.69, 9.17) is 9.47 Å². The molecule has 5 heteroatoms. The van der Waals surface area contributed by atoms with Crippen LogP contribution in [-0.4, -0.2) is 49.7 Å². The molecule has 0 atom stereocenters. The molecule has 1 aliphatic heterocycles. The van der Waals surface area contributed by atoms with Gasteiger partial charge in [-0.2, -0.15) is 0 Å². The first-order valence-electron chi connectivity index (χ1n) is 6.86. The maximum atomic E-state index is 12.5. The Bertz CT molecular complexity index is 451. The Balaban J connectivity index is 2.02. The van der Waals surface area contributed by atoms with Gasteiger partial charge >= 0.3 is 0 Å². The lowest BCUT2D eigenvalue weighted by Gasteiger charge is -2.34. The lowest BCUT2D eigenvalue weighted by atomic mass is 10.1. The third-order valence-corrected chi connectivity index (χ3v) is 3.35. The Hall–Kier alpha value is -1.75. The van der Waals surface area contributed by atoms with Crippen LogP contribution in [0.15, 0.2) is 24.3 Å². The highest BCUT2D eigenvalue weighted by molar-refractivity contribution is 5.85. The average Bonchev–Trinajstić information content (AvgIpc) is 2.48. The Morgan fingerprint density at radius 2 is 1.70 bits per heavy atom. The van der Waals surface area contributed by atoms with E-state index in [9.17, 15) is 4.79 Å². The molecule has 1 aliphatic rings. The van der Waals surface area contributed by atoms with E-state index in [1.54, 1.807) is 7.11 Å². The first kappa shape index (κ1) is 14.7. The minimum atomic E-state index is -0.869. The first-order chi connectivity index (χ1) is 9.53. The number of carbonyl (C=O) groups excluding carboxylic acids is 1. The zero-order valence-electron chi connectivity index (χ0n) is 12.3. The van der Waals surface area contributed by atoms with Gasteiger partial charge in [-0.25, -0.2) is 0 Å². The van der Waals surface area contributed by atoms with E-state index in [1.807, 2.05) is 43.0 Å². The molecule has 1 heterocycles. The summed E-state index contributed by atoms with van der Waals surface area (Å²) in [7, 11) is 1.62. The summed E-state index contributed by atoms with van der Waals surface area (Å²) in [5, 5.41) is 3.23. The highest BCUT2D eigenvalue weighted by Gasteiger charge is 2.34. The minimum absolute atomic E-state index is 0.0230. The fraction of sp³-hybridized carbons (Fsp3) is 0.533. The van der Waals surface area contributed by atoms with Crippen molar-refractivity contribution in [1.82, 2.24) is 10.2 Å². The summed E-state index contributed by atoms with van der Waals surface area (Å²) in [5.74, 6) is 1.46. The van der Waals surface area contributed by atoms with E-state index in [-0.39, 0.29) is 5.91 Å². The Morgan fingerprint density at radius 3 is 2.25 bits per heavy atom. The SMILES string of the molecule is COc1ccc(OC(C)(C)C(=O)N2CCNCC2)cc1. The summed E-state index contributed by atoms with van der Waals surface area (Å²) in [6, 6.07) is 7.26. The summed E-state index contributed by atoms with van der Waals surface area (Å²) >= 11 is 0. The van der Waals surface area contributed by atoms with E-state index in [1.165, 1.54) is 0 Å². The topological polar surface area (TPSA) is 50.8 Å². The van der Waals surface area contributed by atoms with Crippen molar-refractivity contribution in [2.75, 3.05) is 33.3 Å². The average molecular weight is 278 g/mol. The molecule has 0 unspecified atom stereocenters. The normalized spacial score (nSPS) is 15.8. The smallest absolute Gasteiger partial charge is 0.266 e. The van der Waals surface area contributed by atoms with Gasteiger partial charge in [0.1, 0.15) is 11.5 Å². The number of ether oxygens (including phenoxy) is 2. The van der Waals surface area contributed by atoms with Crippen molar-refractivity contribution in [2.45, 2.75) is 19.4 Å². The van der Waals surface area contributed by atoms with Gasteiger partial charge in [-0.3, -0.25) is 4.79 Å². The number of nitrogens with one attached hydrogen (secondary N) is 1. The number of rotatable bonds is 4. The second-order valence-electron chi connectivity index (χ2n) is 5.33. The van der Waals surface area contributed by atoms with Gasteiger partial charge in [0.2, 0.25) is 0 Å². The van der Waals surface area contributed by atoms with Crippen LogP contribution in [0.3, 0.4) is 0 Å². The number of piperazine rings is 1. The number of carbonyl (C=O) groups is 1. The number of nitrogens with zero attached hydrogens (tertiary/aromatic N) is 1. The third-order valence-electron chi connectivity index (χ3n) is 3.35. The molecule has 20 heavy (non-hydrogen) atoms. The molecule has 5 nitrogen and oxygen atoms in total. The second kappa shape index (κ2) is 6.13. The van der Waals surface area contributed by atoms with Gasteiger partial charge in [-0.15, -0.1) is 0 Å². The first-order valence-corrected chi connectivity index (χ1v) is 6.86. The predicted octanol–water partition coefficient (Wildman–Crippen LogP) is 1.28. The van der Waals surface area contributed by atoms with Crippen LogP contribution in [0.25, 0.3) is 0 Å². The maximum Gasteiger partial charge on any atom is 0.266 e. The van der Waals surface area contributed by atoms with Gasteiger partial charge in [-0.1, -0.05) is 0 Å². The van der Waals surface area contributed by atoms with Crippen LogP contribution in [0.1, 0.15) is 13.8 Å². The molecule has 0 bridgehead atoms. The molecule has 0 spiro atoms. The molecule has 2 rings (SSSR count). The largest absolute Gasteiger partial charge is 0.497 e. The molecule has 1 aromatic rings. The summed E-state index contributed by atoms with van der Waals surface area (Å²) in [6.45, 7) is 6.75. The van der Waals surface area contributed by atoms with E-state index in [0.29, 0.717) is 5.75 Å². The quantitative estimate of drug-likeness (QED) is 0.901. The molecule has 0 radical (unpaired) electrons. The lowest BCUT2D eigenvalue weighted by Crippen LogP contribution is -2.54. The van der Waals surface area contributed by atoms with Gasteiger partial charge in [-0.05, 0) is 38.1 Å². The molecule has 110 valence electrons. The second-order valence-corrected chi connectivity index (χ2v) is 5.33. The minimum Gasteiger partial charge on any atom is -0.497 e. The lowest BCUT2D eigenvalue weighted by molar-refractivity contribution is -0.146. The van der Waals surface area contributed by atoms with Crippen molar-refractivity contribution in [3.05, 3.63) is 24.3 Å². The molecule has 1 fully saturated rings. The van der Waals surface area contributed by atoms with Gasteiger partial charge in [0.05, 0.1) is 7.11 Å². The molecule has 1 amide bonds. The molecule has 0 aliphatic carbocycles. The molecular weight excluding hydrogens is 256 g/mol. The zero-order valence-corrected chi connectivity index (χ0v) is 12.3. The molecule has 0 saturated carbocycles. The molecular formula is C15H22N2O3.